The number of rotatable bonds is 5. The predicted octanol–water partition coefficient (Wildman–Crippen LogP) is 4.36. The Morgan fingerprint density at radius 1 is 1.08 bits per heavy atom. The minimum Gasteiger partial charge on any atom is -0.497 e. The summed E-state index contributed by atoms with van der Waals surface area (Å²) in [4.78, 5) is 14.9. The number of carbonyl (C=O) groups is 1. The van der Waals surface area contributed by atoms with Crippen LogP contribution < -0.4 is 9.64 Å². The Labute approximate surface area is 143 Å². The molecule has 0 radical (unpaired) electrons. The smallest absolute Gasteiger partial charge is 0.189 e. The topological polar surface area (TPSA) is 29.5 Å². The van der Waals surface area contributed by atoms with Crippen LogP contribution in [0.2, 0.25) is 0 Å². The molecular formula is C21H23NO2. The summed E-state index contributed by atoms with van der Waals surface area (Å²) in [6, 6.07) is 14.1. The molecule has 0 aromatic heterocycles. The molecule has 2 aromatic rings. The Morgan fingerprint density at radius 3 is 2.42 bits per heavy atom. The van der Waals surface area contributed by atoms with E-state index in [2.05, 4.69) is 43.0 Å². The molecule has 0 fully saturated rings. The Kier molecular flexibility index (Phi) is 4.70. The Bertz CT molecular complexity index is 771. The molecule has 2 aromatic carbocycles. The molecule has 3 nitrogen and oxygen atoms in total. The first kappa shape index (κ1) is 16.3. The summed E-state index contributed by atoms with van der Waals surface area (Å²) in [5.41, 5.74) is 4.96. The number of allylic oxidation sites excluding steroid dienone is 1. The molecule has 0 bridgehead atoms. The maximum atomic E-state index is 12.6. The summed E-state index contributed by atoms with van der Waals surface area (Å²) in [5.74, 6) is 0.923. The SMILES string of the molecule is CCN(CC)c1ccc(/C=C2/Cc3cc(OC)ccc3C2=O)cc1. The molecule has 0 saturated heterocycles. The van der Waals surface area contributed by atoms with Crippen LogP contribution in [-0.2, 0) is 6.42 Å². The molecule has 3 heteroatoms. The van der Waals surface area contributed by atoms with Crippen molar-refractivity contribution in [1.29, 1.82) is 0 Å². The van der Waals surface area contributed by atoms with E-state index in [1.807, 2.05) is 24.3 Å². The third kappa shape index (κ3) is 3.07. The number of anilines is 1. The molecule has 24 heavy (non-hydrogen) atoms. The van der Waals surface area contributed by atoms with Gasteiger partial charge >= 0.3 is 0 Å². The van der Waals surface area contributed by atoms with Gasteiger partial charge in [-0.2, -0.15) is 0 Å². The maximum Gasteiger partial charge on any atom is 0.189 e. The number of ether oxygens (including phenoxy) is 1. The minimum atomic E-state index is 0.125. The monoisotopic (exact) mass is 321 g/mol. The van der Waals surface area contributed by atoms with Crippen molar-refractivity contribution < 1.29 is 9.53 Å². The molecule has 0 spiro atoms. The van der Waals surface area contributed by atoms with Crippen molar-refractivity contribution in [2.24, 2.45) is 0 Å². The van der Waals surface area contributed by atoms with Gasteiger partial charge in [0.1, 0.15) is 5.75 Å². The summed E-state index contributed by atoms with van der Waals surface area (Å²) in [6.07, 6.45) is 2.67. The molecule has 1 aliphatic rings. The molecule has 0 N–H and O–H groups in total. The molecule has 124 valence electrons. The molecule has 0 saturated carbocycles. The summed E-state index contributed by atoms with van der Waals surface area (Å²) >= 11 is 0. The lowest BCUT2D eigenvalue weighted by molar-refractivity contribution is 0.104. The standard InChI is InChI=1S/C21H23NO2/c1-4-22(5-2)18-8-6-15(7-9-18)12-17-13-16-14-19(24-3)10-11-20(16)21(17)23/h6-12,14H,4-5,13H2,1-3H3/b17-12-. The van der Waals surface area contributed by atoms with Crippen molar-refractivity contribution >= 4 is 17.5 Å². The molecule has 0 heterocycles. The van der Waals surface area contributed by atoms with E-state index in [1.165, 1.54) is 5.69 Å². The van der Waals surface area contributed by atoms with E-state index in [1.54, 1.807) is 7.11 Å². The van der Waals surface area contributed by atoms with E-state index >= 15 is 0 Å². The number of carbonyl (C=O) groups excluding carboxylic acids is 1. The average Bonchev–Trinajstić information content (AvgIpc) is 2.92. The van der Waals surface area contributed by atoms with Crippen LogP contribution in [0.1, 0.15) is 35.3 Å². The number of hydrogen-bond donors (Lipinski definition) is 0. The van der Waals surface area contributed by atoms with Crippen LogP contribution in [0.4, 0.5) is 5.69 Å². The van der Waals surface area contributed by atoms with Crippen LogP contribution in [0.15, 0.2) is 48.0 Å². The van der Waals surface area contributed by atoms with Crippen LogP contribution in [-0.4, -0.2) is 26.0 Å². The Morgan fingerprint density at radius 2 is 1.79 bits per heavy atom. The number of benzene rings is 2. The highest BCUT2D eigenvalue weighted by Gasteiger charge is 2.25. The second-order valence-corrected chi connectivity index (χ2v) is 5.96. The highest BCUT2D eigenvalue weighted by Crippen LogP contribution is 2.30. The largest absolute Gasteiger partial charge is 0.497 e. The number of Topliss-reactive ketones (excluding diaryl/α,β-unsaturated/α-hetero) is 1. The van der Waals surface area contributed by atoms with Gasteiger partial charge in [0.05, 0.1) is 7.11 Å². The average molecular weight is 321 g/mol. The molecule has 0 aliphatic heterocycles. The first-order valence-corrected chi connectivity index (χ1v) is 8.43. The van der Waals surface area contributed by atoms with Crippen molar-refractivity contribution in [2.45, 2.75) is 20.3 Å². The van der Waals surface area contributed by atoms with Crippen LogP contribution in [0.3, 0.4) is 0 Å². The predicted molar refractivity (Wildman–Crippen MR) is 99.0 cm³/mol. The summed E-state index contributed by atoms with van der Waals surface area (Å²) < 4.78 is 5.25. The van der Waals surface area contributed by atoms with Gasteiger partial charge in [0, 0.05) is 36.3 Å². The van der Waals surface area contributed by atoms with Crippen molar-refractivity contribution in [1.82, 2.24) is 0 Å². The highest BCUT2D eigenvalue weighted by molar-refractivity contribution is 6.15. The van der Waals surface area contributed by atoms with E-state index in [0.717, 1.165) is 41.1 Å². The molecule has 3 rings (SSSR count). The van der Waals surface area contributed by atoms with Crippen LogP contribution in [0, 0.1) is 0 Å². The molecule has 1 aliphatic carbocycles. The van der Waals surface area contributed by atoms with Crippen molar-refractivity contribution in [3.63, 3.8) is 0 Å². The van der Waals surface area contributed by atoms with Gasteiger partial charge in [-0.25, -0.2) is 0 Å². The molecule has 0 unspecified atom stereocenters. The number of hydrogen-bond acceptors (Lipinski definition) is 3. The van der Waals surface area contributed by atoms with Gasteiger partial charge in [0.2, 0.25) is 0 Å². The van der Waals surface area contributed by atoms with E-state index in [-0.39, 0.29) is 5.78 Å². The Hall–Kier alpha value is -2.55. The van der Waals surface area contributed by atoms with Crippen molar-refractivity contribution in [3.8, 4) is 5.75 Å². The maximum absolute atomic E-state index is 12.6. The zero-order valence-corrected chi connectivity index (χ0v) is 14.5. The fourth-order valence-corrected chi connectivity index (χ4v) is 3.21. The molecular weight excluding hydrogens is 298 g/mol. The summed E-state index contributed by atoms with van der Waals surface area (Å²) in [5, 5.41) is 0. The van der Waals surface area contributed by atoms with E-state index in [0.29, 0.717) is 6.42 Å². The molecule has 0 amide bonds. The van der Waals surface area contributed by atoms with Crippen molar-refractivity contribution in [2.75, 3.05) is 25.1 Å². The van der Waals surface area contributed by atoms with Gasteiger partial charge in [-0.3, -0.25) is 4.79 Å². The second kappa shape index (κ2) is 6.91. The lowest BCUT2D eigenvalue weighted by atomic mass is 10.1. The lowest BCUT2D eigenvalue weighted by Gasteiger charge is -2.20. The second-order valence-electron chi connectivity index (χ2n) is 5.96. The fourth-order valence-electron chi connectivity index (χ4n) is 3.21. The van der Waals surface area contributed by atoms with Crippen LogP contribution in [0.5, 0.6) is 5.75 Å². The summed E-state index contributed by atoms with van der Waals surface area (Å²) in [6.45, 7) is 6.29. The third-order valence-corrected chi connectivity index (χ3v) is 4.59. The van der Waals surface area contributed by atoms with Gasteiger partial charge < -0.3 is 9.64 Å². The highest BCUT2D eigenvalue weighted by atomic mass is 16.5. The van der Waals surface area contributed by atoms with E-state index < -0.39 is 0 Å². The van der Waals surface area contributed by atoms with Gasteiger partial charge in [-0.1, -0.05) is 12.1 Å². The molecule has 0 atom stereocenters. The first-order chi connectivity index (χ1) is 11.7. The quantitative estimate of drug-likeness (QED) is 0.766. The van der Waals surface area contributed by atoms with Gasteiger partial charge in [-0.05, 0) is 61.4 Å². The number of nitrogens with zero attached hydrogens (tertiary/aromatic N) is 1. The van der Waals surface area contributed by atoms with E-state index in [9.17, 15) is 4.79 Å². The van der Waals surface area contributed by atoms with Gasteiger partial charge in [0.15, 0.2) is 5.78 Å². The summed E-state index contributed by atoms with van der Waals surface area (Å²) in [7, 11) is 1.65. The minimum absolute atomic E-state index is 0.125. The zero-order valence-electron chi connectivity index (χ0n) is 14.5. The van der Waals surface area contributed by atoms with E-state index in [4.69, 9.17) is 4.74 Å². The zero-order chi connectivity index (χ0) is 17.1. The first-order valence-electron chi connectivity index (χ1n) is 8.43. The van der Waals surface area contributed by atoms with Crippen LogP contribution >= 0.6 is 0 Å². The normalized spacial score (nSPS) is 14.8. The van der Waals surface area contributed by atoms with Crippen LogP contribution in [0.25, 0.3) is 6.08 Å². The third-order valence-electron chi connectivity index (χ3n) is 4.59. The number of ketones is 1. The van der Waals surface area contributed by atoms with Gasteiger partial charge in [-0.15, -0.1) is 0 Å². The fraction of sp³-hybridized carbons (Fsp3) is 0.286. The number of fused-ring (bicyclic) bond motifs is 1. The van der Waals surface area contributed by atoms with Gasteiger partial charge in [0.25, 0.3) is 0 Å². The Balaban J connectivity index is 1.83. The van der Waals surface area contributed by atoms with Crippen molar-refractivity contribution in [3.05, 3.63) is 64.7 Å². The number of methoxy groups -OCH3 is 1. The lowest BCUT2D eigenvalue weighted by Crippen LogP contribution is -2.21.